The molecular formula is C21H22O7. The topological polar surface area (TPSA) is 80.3 Å². The highest BCUT2D eigenvalue weighted by atomic mass is 16.6. The van der Waals surface area contributed by atoms with Crippen molar-refractivity contribution in [2.24, 2.45) is 0 Å². The van der Waals surface area contributed by atoms with Crippen LogP contribution in [0.4, 0.5) is 0 Å². The zero-order valence-corrected chi connectivity index (χ0v) is 16.2. The summed E-state index contributed by atoms with van der Waals surface area (Å²) < 4.78 is 27.4. The molecule has 2 atom stereocenters. The maximum atomic E-state index is 11.4. The minimum absolute atomic E-state index is 0.161. The smallest absolute Gasteiger partial charge is 0.308 e. The number of hydrogen-bond acceptors (Lipinski definition) is 7. The van der Waals surface area contributed by atoms with Crippen molar-refractivity contribution in [3.63, 3.8) is 0 Å². The van der Waals surface area contributed by atoms with E-state index < -0.39 is 12.1 Å². The molecule has 3 rings (SSSR count). The minimum atomic E-state index is -0.437. The molecule has 0 saturated heterocycles. The average molecular weight is 386 g/mol. The van der Waals surface area contributed by atoms with E-state index in [9.17, 15) is 9.59 Å². The Balaban J connectivity index is 1.99. The summed E-state index contributed by atoms with van der Waals surface area (Å²) in [5, 5.41) is 0. The van der Waals surface area contributed by atoms with Crippen molar-refractivity contribution in [2.45, 2.75) is 25.9 Å². The molecule has 1 heterocycles. The third-order valence-electron chi connectivity index (χ3n) is 4.48. The van der Waals surface area contributed by atoms with Crippen LogP contribution in [0.5, 0.6) is 23.0 Å². The molecule has 2 aromatic rings. The summed E-state index contributed by atoms with van der Waals surface area (Å²) in [7, 11) is 3.07. The van der Waals surface area contributed by atoms with Crippen LogP contribution in [0, 0.1) is 0 Å². The van der Waals surface area contributed by atoms with Crippen LogP contribution in [-0.4, -0.2) is 32.8 Å². The quantitative estimate of drug-likeness (QED) is 0.556. The van der Waals surface area contributed by atoms with Gasteiger partial charge >= 0.3 is 11.9 Å². The average Bonchev–Trinajstić information content (AvgIpc) is 3.04. The van der Waals surface area contributed by atoms with Crippen molar-refractivity contribution in [3.05, 3.63) is 47.5 Å². The normalized spacial score (nSPS) is 17.3. The second-order valence-electron chi connectivity index (χ2n) is 6.33. The first-order valence-corrected chi connectivity index (χ1v) is 8.77. The fourth-order valence-corrected chi connectivity index (χ4v) is 3.27. The van der Waals surface area contributed by atoms with E-state index in [-0.39, 0.29) is 18.5 Å². The lowest BCUT2D eigenvalue weighted by Crippen LogP contribution is -2.17. The second-order valence-corrected chi connectivity index (χ2v) is 6.33. The number of carbonyl (C=O) groups is 2. The molecule has 148 valence electrons. The summed E-state index contributed by atoms with van der Waals surface area (Å²) in [5.41, 5.74) is 1.69. The molecule has 0 aromatic heterocycles. The van der Waals surface area contributed by atoms with Crippen molar-refractivity contribution >= 4 is 11.9 Å². The Morgan fingerprint density at radius 2 is 1.71 bits per heavy atom. The van der Waals surface area contributed by atoms with Crippen LogP contribution in [0.25, 0.3) is 0 Å². The highest BCUT2D eigenvalue weighted by Gasteiger charge is 2.38. The van der Waals surface area contributed by atoms with Crippen LogP contribution in [-0.2, 0) is 14.3 Å². The van der Waals surface area contributed by atoms with Gasteiger partial charge in [0.25, 0.3) is 0 Å². The molecule has 0 saturated carbocycles. The van der Waals surface area contributed by atoms with Crippen LogP contribution >= 0.6 is 0 Å². The van der Waals surface area contributed by atoms with E-state index in [0.29, 0.717) is 23.0 Å². The molecule has 1 aliphatic rings. The van der Waals surface area contributed by atoms with Gasteiger partial charge in [-0.05, 0) is 23.8 Å². The Morgan fingerprint density at radius 1 is 0.964 bits per heavy atom. The third kappa shape index (κ3) is 3.88. The maximum Gasteiger partial charge on any atom is 0.308 e. The highest BCUT2D eigenvalue weighted by molar-refractivity contribution is 5.70. The highest BCUT2D eigenvalue weighted by Crippen LogP contribution is 2.51. The van der Waals surface area contributed by atoms with Crippen LogP contribution in [0.15, 0.2) is 36.4 Å². The van der Waals surface area contributed by atoms with Gasteiger partial charge in [0.15, 0.2) is 23.0 Å². The van der Waals surface area contributed by atoms with E-state index in [2.05, 4.69) is 0 Å². The molecule has 0 spiro atoms. The number of benzene rings is 2. The molecule has 0 amide bonds. The van der Waals surface area contributed by atoms with Crippen molar-refractivity contribution in [1.82, 2.24) is 0 Å². The maximum absolute atomic E-state index is 11.4. The largest absolute Gasteiger partial charge is 0.493 e. The first kappa shape index (κ1) is 19.5. The summed E-state index contributed by atoms with van der Waals surface area (Å²) in [4.78, 5) is 22.6. The fourth-order valence-electron chi connectivity index (χ4n) is 3.27. The predicted octanol–water partition coefficient (Wildman–Crippen LogP) is 3.41. The minimum Gasteiger partial charge on any atom is -0.493 e. The van der Waals surface area contributed by atoms with Crippen LogP contribution in [0.1, 0.15) is 37.0 Å². The Bertz CT molecular complexity index is 890. The van der Waals surface area contributed by atoms with Gasteiger partial charge < -0.3 is 23.7 Å². The van der Waals surface area contributed by atoms with E-state index in [1.807, 2.05) is 18.2 Å². The number of carbonyl (C=O) groups excluding carboxylic acids is 2. The van der Waals surface area contributed by atoms with Gasteiger partial charge in [-0.1, -0.05) is 18.2 Å². The number of esters is 2. The molecule has 7 heteroatoms. The van der Waals surface area contributed by atoms with Gasteiger partial charge in [-0.15, -0.1) is 0 Å². The summed E-state index contributed by atoms with van der Waals surface area (Å²) in [6.45, 7) is 2.86. The molecular weight excluding hydrogens is 364 g/mol. The monoisotopic (exact) mass is 386 g/mol. The lowest BCUT2D eigenvalue weighted by molar-refractivity contribution is -0.142. The molecule has 0 fully saturated rings. The summed E-state index contributed by atoms with van der Waals surface area (Å²) in [6.07, 6.45) is -0.425. The molecule has 0 aliphatic carbocycles. The molecule has 0 unspecified atom stereocenters. The van der Waals surface area contributed by atoms with Gasteiger partial charge in [-0.2, -0.15) is 0 Å². The summed E-state index contributed by atoms with van der Waals surface area (Å²) in [5.74, 6) is 0.935. The lowest BCUT2D eigenvalue weighted by atomic mass is 9.91. The lowest BCUT2D eigenvalue weighted by Gasteiger charge is -2.20. The summed E-state index contributed by atoms with van der Waals surface area (Å²) >= 11 is 0. The van der Waals surface area contributed by atoms with Crippen molar-refractivity contribution in [3.8, 4) is 23.0 Å². The van der Waals surface area contributed by atoms with E-state index >= 15 is 0 Å². The Hall–Kier alpha value is -3.22. The van der Waals surface area contributed by atoms with Crippen LogP contribution in [0.2, 0.25) is 0 Å². The van der Waals surface area contributed by atoms with Gasteiger partial charge in [0.2, 0.25) is 0 Å². The van der Waals surface area contributed by atoms with E-state index in [0.717, 1.165) is 11.1 Å². The molecule has 28 heavy (non-hydrogen) atoms. The third-order valence-corrected chi connectivity index (χ3v) is 4.48. The summed E-state index contributed by atoms with van der Waals surface area (Å²) in [6, 6.07) is 10.8. The van der Waals surface area contributed by atoms with Gasteiger partial charge in [0.05, 0.1) is 20.1 Å². The fraction of sp³-hybridized carbons (Fsp3) is 0.333. The molecule has 0 N–H and O–H groups in total. The number of methoxy groups -OCH3 is 2. The predicted molar refractivity (Wildman–Crippen MR) is 100 cm³/mol. The Labute approximate surface area is 163 Å². The van der Waals surface area contributed by atoms with Crippen LogP contribution in [0.3, 0.4) is 0 Å². The van der Waals surface area contributed by atoms with E-state index in [1.165, 1.54) is 21.0 Å². The number of fused-ring (bicyclic) bond motifs is 1. The second kappa shape index (κ2) is 8.21. The SMILES string of the molecule is COc1cc([C@H]2Oc3c(OC)cccc3[C@H]2COC(C)=O)ccc1OC(C)=O. The van der Waals surface area contributed by atoms with E-state index in [4.69, 9.17) is 23.7 Å². The van der Waals surface area contributed by atoms with Crippen LogP contribution < -0.4 is 18.9 Å². The molecule has 0 radical (unpaired) electrons. The standard InChI is InChI=1S/C21H22O7/c1-12(22)26-11-16-15-6-5-7-18(24-3)21(15)28-20(16)14-8-9-17(27-13(2)23)19(10-14)25-4/h5-10,16,20H,11H2,1-4H3/t16-,20-/m1/s1. The van der Waals surface area contributed by atoms with Crippen molar-refractivity contribution in [2.75, 3.05) is 20.8 Å². The van der Waals surface area contributed by atoms with Gasteiger partial charge in [-0.3, -0.25) is 9.59 Å². The Kier molecular flexibility index (Phi) is 5.73. The van der Waals surface area contributed by atoms with Gasteiger partial charge in [-0.25, -0.2) is 0 Å². The first-order valence-electron chi connectivity index (χ1n) is 8.77. The Morgan fingerprint density at radius 3 is 2.36 bits per heavy atom. The number of ether oxygens (including phenoxy) is 5. The number of para-hydroxylation sites is 1. The molecule has 1 aliphatic heterocycles. The molecule has 0 bridgehead atoms. The number of hydrogen-bond donors (Lipinski definition) is 0. The first-order chi connectivity index (χ1) is 13.4. The molecule has 2 aromatic carbocycles. The van der Waals surface area contributed by atoms with E-state index in [1.54, 1.807) is 25.3 Å². The number of rotatable bonds is 6. The molecule has 7 nitrogen and oxygen atoms in total. The van der Waals surface area contributed by atoms with Gasteiger partial charge in [0, 0.05) is 19.4 Å². The zero-order chi connectivity index (χ0) is 20.3. The van der Waals surface area contributed by atoms with Gasteiger partial charge in [0.1, 0.15) is 12.7 Å². The zero-order valence-electron chi connectivity index (χ0n) is 16.2. The van der Waals surface area contributed by atoms with Crippen molar-refractivity contribution in [1.29, 1.82) is 0 Å². The van der Waals surface area contributed by atoms with Crippen molar-refractivity contribution < 1.29 is 33.3 Å².